The van der Waals surface area contributed by atoms with Crippen molar-refractivity contribution in [1.82, 2.24) is 5.32 Å². The molecule has 5 heteroatoms. The van der Waals surface area contributed by atoms with Crippen LogP contribution in [0.3, 0.4) is 0 Å². The largest absolute Gasteiger partial charge is 0.355 e. The summed E-state index contributed by atoms with van der Waals surface area (Å²) in [5, 5.41) is 2.88. The van der Waals surface area contributed by atoms with Crippen LogP contribution in [-0.2, 0) is 14.5 Å². The smallest absolute Gasteiger partial charge is 0.220 e. The van der Waals surface area contributed by atoms with E-state index >= 15 is 0 Å². The number of fused-ring (bicyclic) bond motifs is 2. The zero-order chi connectivity index (χ0) is 13.2. The molecule has 4 atom stereocenters. The van der Waals surface area contributed by atoms with Crippen molar-refractivity contribution in [3.63, 3.8) is 0 Å². The minimum atomic E-state index is -2.09. The van der Waals surface area contributed by atoms with Gasteiger partial charge in [-0.25, -0.2) is 8.57 Å². The van der Waals surface area contributed by atoms with E-state index in [9.17, 15) is 9.00 Å². The fraction of sp³-hybridized carbons (Fsp3) is 0.923. The van der Waals surface area contributed by atoms with Crippen LogP contribution in [0.25, 0.3) is 0 Å². The van der Waals surface area contributed by atoms with Crippen LogP contribution in [0, 0.1) is 17.8 Å². The average Bonchev–Trinajstić information content (AvgIpc) is 2.90. The first-order valence-corrected chi connectivity index (χ1v) is 8.94. The first-order valence-electron chi connectivity index (χ1n) is 6.85. The molecule has 0 aliphatic heterocycles. The lowest BCUT2D eigenvalue weighted by Crippen LogP contribution is -2.31. The molecule has 1 N–H and O–H groups in total. The third-order valence-corrected chi connectivity index (χ3v) is 6.26. The first-order chi connectivity index (χ1) is 8.50. The minimum Gasteiger partial charge on any atom is -0.355 e. The molecule has 1 amide bonds. The van der Waals surface area contributed by atoms with Crippen LogP contribution in [-0.4, -0.2) is 35.7 Å². The normalized spacial score (nSPS) is 33.1. The van der Waals surface area contributed by atoms with Gasteiger partial charge in [0, 0.05) is 41.8 Å². The summed E-state index contributed by atoms with van der Waals surface area (Å²) in [6.07, 6.45) is 7.57. The maximum Gasteiger partial charge on any atom is 0.220 e. The summed E-state index contributed by atoms with van der Waals surface area (Å²) < 4.78 is 15.5. The van der Waals surface area contributed by atoms with Gasteiger partial charge >= 0.3 is 0 Å². The van der Waals surface area contributed by atoms with Crippen LogP contribution in [0.1, 0.15) is 32.1 Å². The van der Waals surface area contributed by atoms with Crippen molar-refractivity contribution in [2.45, 2.75) is 32.1 Å². The van der Waals surface area contributed by atoms with Crippen LogP contribution < -0.4 is 5.32 Å². The van der Waals surface area contributed by atoms with E-state index < -0.39 is 9.73 Å². The van der Waals surface area contributed by atoms with Gasteiger partial charge in [0.2, 0.25) is 5.91 Å². The van der Waals surface area contributed by atoms with Gasteiger partial charge in [-0.15, -0.1) is 0 Å². The van der Waals surface area contributed by atoms with Gasteiger partial charge in [0.15, 0.2) is 0 Å². The van der Waals surface area contributed by atoms with E-state index in [-0.39, 0.29) is 5.91 Å². The third kappa shape index (κ3) is 3.46. The summed E-state index contributed by atoms with van der Waals surface area (Å²) in [6.45, 7) is 0.478. The molecule has 2 aliphatic rings. The molecule has 0 spiro atoms. The van der Waals surface area contributed by atoms with E-state index in [4.69, 9.17) is 0 Å². The number of carbonyl (C=O) groups is 1. The second-order valence-electron chi connectivity index (χ2n) is 5.84. The maximum atomic E-state index is 11.8. The molecule has 0 aromatic carbocycles. The van der Waals surface area contributed by atoms with Gasteiger partial charge in [0.25, 0.3) is 0 Å². The molecule has 104 valence electrons. The lowest BCUT2D eigenvalue weighted by atomic mass is 9.86. The molecule has 0 radical (unpaired) electrons. The Morgan fingerprint density at radius 2 is 2.17 bits per heavy atom. The van der Waals surface area contributed by atoms with Crippen LogP contribution in [0.15, 0.2) is 4.36 Å². The standard InChI is InChI=1S/C13H24N2O2S/c1-14-18(2,17)6-5-15-13(16)9-12-8-10-3-4-11(12)7-10/h10-12H,3-9H2,1-2H3,(H,15,16). The SMILES string of the molecule is CN=S(C)(=O)CCNC(=O)CC1CC2CCC1C2. The summed E-state index contributed by atoms with van der Waals surface area (Å²) in [5.41, 5.74) is 0. The zero-order valence-corrected chi connectivity index (χ0v) is 12.2. The predicted molar refractivity (Wildman–Crippen MR) is 73.9 cm³/mol. The van der Waals surface area contributed by atoms with Crippen molar-refractivity contribution < 1.29 is 9.00 Å². The van der Waals surface area contributed by atoms with Crippen LogP contribution in [0.2, 0.25) is 0 Å². The van der Waals surface area contributed by atoms with Gasteiger partial charge in [-0.2, -0.15) is 0 Å². The van der Waals surface area contributed by atoms with Gasteiger partial charge in [-0.3, -0.25) is 4.79 Å². The molecule has 0 aromatic rings. The highest BCUT2D eigenvalue weighted by molar-refractivity contribution is 7.92. The van der Waals surface area contributed by atoms with Crippen molar-refractivity contribution in [1.29, 1.82) is 0 Å². The number of amides is 1. The number of hydrogen-bond donors (Lipinski definition) is 1. The molecule has 2 bridgehead atoms. The Balaban J connectivity index is 1.68. The molecule has 4 nitrogen and oxygen atoms in total. The minimum absolute atomic E-state index is 0.124. The molecular formula is C13H24N2O2S. The quantitative estimate of drug-likeness (QED) is 0.827. The highest BCUT2D eigenvalue weighted by atomic mass is 32.2. The Labute approximate surface area is 110 Å². The lowest BCUT2D eigenvalue weighted by molar-refractivity contribution is -0.122. The van der Waals surface area contributed by atoms with Crippen LogP contribution in [0.4, 0.5) is 0 Å². The van der Waals surface area contributed by atoms with Crippen LogP contribution >= 0.6 is 0 Å². The molecule has 2 fully saturated rings. The molecule has 0 aromatic heterocycles. The van der Waals surface area contributed by atoms with E-state index in [0.717, 1.165) is 11.8 Å². The molecular weight excluding hydrogens is 248 g/mol. The highest BCUT2D eigenvalue weighted by Crippen LogP contribution is 2.49. The Bertz CT molecular complexity index is 427. The Morgan fingerprint density at radius 3 is 2.72 bits per heavy atom. The number of nitrogens with one attached hydrogen (secondary N) is 1. The highest BCUT2D eigenvalue weighted by Gasteiger charge is 2.39. The molecule has 4 unspecified atom stereocenters. The van der Waals surface area contributed by atoms with E-state index in [2.05, 4.69) is 9.68 Å². The van der Waals surface area contributed by atoms with Crippen molar-refractivity contribution >= 4 is 15.6 Å². The van der Waals surface area contributed by atoms with Gasteiger partial charge in [-0.05, 0) is 37.0 Å². The van der Waals surface area contributed by atoms with E-state index in [1.807, 2.05) is 0 Å². The predicted octanol–water partition coefficient (Wildman–Crippen LogP) is 1.66. The fourth-order valence-electron chi connectivity index (χ4n) is 3.41. The second kappa shape index (κ2) is 5.59. The molecule has 2 rings (SSSR count). The summed E-state index contributed by atoms with van der Waals surface area (Å²) >= 11 is 0. The summed E-state index contributed by atoms with van der Waals surface area (Å²) in [5.74, 6) is 2.86. The van der Waals surface area contributed by atoms with Crippen molar-refractivity contribution in [3.05, 3.63) is 0 Å². The molecule has 0 heterocycles. The van der Waals surface area contributed by atoms with E-state index in [0.29, 0.717) is 24.6 Å². The third-order valence-electron chi connectivity index (χ3n) is 4.52. The Kier molecular flexibility index (Phi) is 4.30. The molecule has 2 aliphatic carbocycles. The van der Waals surface area contributed by atoms with Gasteiger partial charge in [0.1, 0.15) is 0 Å². The molecule has 18 heavy (non-hydrogen) atoms. The monoisotopic (exact) mass is 272 g/mol. The Morgan fingerprint density at radius 1 is 1.39 bits per heavy atom. The zero-order valence-electron chi connectivity index (χ0n) is 11.4. The molecule has 2 saturated carbocycles. The molecule has 0 saturated heterocycles. The summed E-state index contributed by atoms with van der Waals surface area (Å²) in [4.78, 5) is 11.8. The topological polar surface area (TPSA) is 58.5 Å². The number of nitrogens with zero attached hydrogens (tertiary/aromatic N) is 1. The van der Waals surface area contributed by atoms with Crippen molar-refractivity contribution in [3.8, 4) is 0 Å². The van der Waals surface area contributed by atoms with E-state index in [1.165, 1.54) is 25.7 Å². The lowest BCUT2D eigenvalue weighted by Gasteiger charge is -2.20. The first kappa shape index (κ1) is 13.8. The van der Waals surface area contributed by atoms with E-state index in [1.54, 1.807) is 13.3 Å². The van der Waals surface area contributed by atoms with Crippen molar-refractivity contribution in [2.24, 2.45) is 22.1 Å². The van der Waals surface area contributed by atoms with Crippen molar-refractivity contribution in [2.75, 3.05) is 25.6 Å². The fourth-order valence-corrected chi connectivity index (χ4v) is 4.07. The maximum absolute atomic E-state index is 11.8. The summed E-state index contributed by atoms with van der Waals surface area (Å²) in [6, 6.07) is 0. The van der Waals surface area contributed by atoms with Gasteiger partial charge in [-0.1, -0.05) is 6.42 Å². The summed E-state index contributed by atoms with van der Waals surface area (Å²) in [7, 11) is -0.522. The van der Waals surface area contributed by atoms with Gasteiger partial charge < -0.3 is 5.32 Å². The Hall–Kier alpha value is -0.580. The second-order valence-corrected chi connectivity index (χ2v) is 8.53. The average molecular weight is 272 g/mol. The van der Waals surface area contributed by atoms with Crippen LogP contribution in [0.5, 0.6) is 0 Å². The number of carbonyl (C=O) groups excluding carboxylic acids is 1. The number of hydrogen-bond acceptors (Lipinski definition) is 3. The number of rotatable bonds is 5. The van der Waals surface area contributed by atoms with Gasteiger partial charge in [0.05, 0.1) is 0 Å².